The third-order valence-corrected chi connectivity index (χ3v) is 8.21. The minimum atomic E-state index is -0.918. The van der Waals surface area contributed by atoms with Crippen LogP contribution in [0.1, 0.15) is 42.7 Å². The molecule has 35 heavy (non-hydrogen) atoms. The molecule has 1 saturated carbocycles. The minimum Gasteiger partial charge on any atom is -0.481 e. The summed E-state index contributed by atoms with van der Waals surface area (Å²) < 4.78 is 5.68. The predicted octanol–water partition coefficient (Wildman–Crippen LogP) is 4.11. The van der Waals surface area contributed by atoms with Crippen molar-refractivity contribution in [1.82, 2.24) is 10.2 Å². The lowest BCUT2D eigenvalue weighted by atomic mass is 9.98. The normalized spacial score (nSPS) is 20.0. The molecule has 1 saturated heterocycles. The zero-order valence-electron chi connectivity index (χ0n) is 19.5. The number of carboxylic acids is 1. The number of hydrogen-bond acceptors (Lipinski definition) is 5. The molecular formula is C27H30N2O5S. The van der Waals surface area contributed by atoms with Crippen LogP contribution in [0.2, 0.25) is 0 Å². The SMILES string of the molecule is O=C(O)CC1CSCCN1C(=O)C(CC1CC1)NC(=O)OCC1c2ccccc2-c2ccccc21. The fourth-order valence-electron chi connectivity index (χ4n) is 5.21. The average molecular weight is 495 g/mol. The number of carbonyl (C=O) groups is 3. The molecule has 8 heteroatoms. The quantitative estimate of drug-likeness (QED) is 0.573. The summed E-state index contributed by atoms with van der Waals surface area (Å²) in [5, 5.41) is 12.1. The fraction of sp³-hybridized carbons (Fsp3) is 0.444. The lowest BCUT2D eigenvalue weighted by Gasteiger charge is -2.37. The van der Waals surface area contributed by atoms with Gasteiger partial charge in [-0.25, -0.2) is 4.79 Å². The number of nitrogens with zero attached hydrogens (tertiary/aromatic N) is 1. The van der Waals surface area contributed by atoms with Gasteiger partial charge in [0, 0.05) is 24.0 Å². The van der Waals surface area contributed by atoms with Gasteiger partial charge in [0.1, 0.15) is 12.6 Å². The van der Waals surface area contributed by atoms with Gasteiger partial charge in [0.25, 0.3) is 0 Å². The molecule has 184 valence electrons. The van der Waals surface area contributed by atoms with Gasteiger partial charge < -0.3 is 20.1 Å². The predicted molar refractivity (Wildman–Crippen MR) is 134 cm³/mol. The Hall–Kier alpha value is -3.00. The molecule has 3 aliphatic rings. The molecule has 1 aliphatic heterocycles. The number of alkyl carbamates (subject to hydrolysis) is 1. The number of ether oxygens (including phenoxy) is 1. The van der Waals surface area contributed by atoms with E-state index in [4.69, 9.17) is 4.74 Å². The second kappa shape index (κ2) is 10.3. The number of fused-ring (bicyclic) bond motifs is 3. The molecule has 7 nitrogen and oxygen atoms in total. The Morgan fingerprint density at radius 1 is 1.06 bits per heavy atom. The lowest BCUT2D eigenvalue weighted by Crippen LogP contribution is -2.55. The van der Waals surface area contributed by atoms with E-state index in [-0.39, 0.29) is 30.9 Å². The Morgan fingerprint density at radius 2 is 1.71 bits per heavy atom. The first-order chi connectivity index (χ1) is 17.0. The van der Waals surface area contributed by atoms with Crippen molar-refractivity contribution in [3.63, 3.8) is 0 Å². The van der Waals surface area contributed by atoms with Crippen molar-refractivity contribution in [3.8, 4) is 11.1 Å². The first-order valence-electron chi connectivity index (χ1n) is 12.2. The second-order valence-electron chi connectivity index (χ2n) is 9.56. The standard InChI is InChI=1S/C27H30N2O5S/c30-25(31)14-18-16-35-12-11-29(18)26(32)24(13-17-9-10-17)28-27(33)34-15-23-21-7-3-1-5-19(21)20-6-2-4-8-22(20)23/h1-8,17-18,23-24H,9-16H2,(H,28,33)(H,30,31). The third kappa shape index (κ3) is 5.32. The number of hydrogen-bond donors (Lipinski definition) is 2. The minimum absolute atomic E-state index is 0.0511. The van der Waals surface area contributed by atoms with E-state index in [2.05, 4.69) is 29.6 Å². The van der Waals surface area contributed by atoms with Crippen LogP contribution >= 0.6 is 11.8 Å². The van der Waals surface area contributed by atoms with E-state index in [1.807, 2.05) is 24.3 Å². The number of nitrogens with one attached hydrogen (secondary N) is 1. The van der Waals surface area contributed by atoms with E-state index in [1.54, 1.807) is 16.7 Å². The van der Waals surface area contributed by atoms with Gasteiger partial charge in [-0.1, -0.05) is 61.4 Å². The van der Waals surface area contributed by atoms with E-state index in [0.717, 1.165) is 40.8 Å². The van der Waals surface area contributed by atoms with Gasteiger partial charge in [-0.3, -0.25) is 9.59 Å². The highest BCUT2D eigenvalue weighted by Crippen LogP contribution is 2.44. The first kappa shape index (κ1) is 23.7. The molecule has 2 aromatic rings. The number of benzene rings is 2. The van der Waals surface area contributed by atoms with E-state index in [1.165, 1.54) is 0 Å². The van der Waals surface area contributed by atoms with Crippen molar-refractivity contribution < 1.29 is 24.2 Å². The number of carboxylic acid groups (broad SMARTS) is 1. The van der Waals surface area contributed by atoms with Gasteiger partial charge in [-0.05, 0) is 34.6 Å². The Labute approximate surface area is 209 Å². The molecular weight excluding hydrogens is 464 g/mol. The molecule has 2 aromatic carbocycles. The second-order valence-corrected chi connectivity index (χ2v) is 10.7. The molecule has 0 radical (unpaired) electrons. The highest BCUT2D eigenvalue weighted by molar-refractivity contribution is 7.99. The van der Waals surface area contributed by atoms with Crippen molar-refractivity contribution in [1.29, 1.82) is 0 Å². The highest BCUT2D eigenvalue weighted by atomic mass is 32.2. The van der Waals surface area contributed by atoms with Crippen LogP contribution < -0.4 is 5.32 Å². The average Bonchev–Trinajstić information content (AvgIpc) is 3.62. The lowest BCUT2D eigenvalue weighted by molar-refractivity contribution is -0.141. The van der Waals surface area contributed by atoms with E-state index >= 15 is 0 Å². The molecule has 2 aliphatic carbocycles. The number of carbonyl (C=O) groups excluding carboxylic acids is 2. The molecule has 0 aromatic heterocycles. The molecule has 5 rings (SSSR count). The van der Waals surface area contributed by atoms with Crippen LogP contribution in [0.15, 0.2) is 48.5 Å². The van der Waals surface area contributed by atoms with Crippen molar-refractivity contribution in [2.24, 2.45) is 5.92 Å². The zero-order valence-corrected chi connectivity index (χ0v) is 20.3. The fourth-order valence-corrected chi connectivity index (χ4v) is 6.27. The van der Waals surface area contributed by atoms with Crippen molar-refractivity contribution in [2.45, 2.75) is 43.7 Å². The Morgan fingerprint density at radius 3 is 2.34 bits per heavy atom. The topological polar surface area (TPSA) is 95.9 Å². The summed E-state index contributed by atoms with van der Waals surface area (Å²) in [4.78, 5) is 39.3. The van der Waals surface area contributed by atoms with E-state index in [0.29, 0.717) is 24.6 Å². The maximum atomic E-state index is 13.4. The highest BCUT2D eigenvalue weighted by Gasteiger charge is 2.37. The molecule has 2 unspecified atom stereocenters. The third-order valence-electron chi connectivity index (χ3n) is 7.12. The largest absolute Gasteiger partial charge is 0.481 e. The summed E-state index contributed by atoms with van der Waals surface area (Å²) in [5.41, 5.74) is 4.58. The van der Waals surface area contributed by atoms with Crippen LogP contribution in [0.4, 0.5) is 4.79 Å². The van der Waals surface area contributed by atoms with Crippen LogP contribution in [-0.4, -0.2) is 64.7 Å². The monoisotopic (exact) mass is 494 g/mol. The molecule has 2 N–H and O–H groups in total. The van der Waals surface area contributed by atoms with Crippen LogP contribution in [0, 0.1) is 5.92 Å². The van der Waals surface area contributed by atoms with Crippen molar-refractivity contribution in [3.05, 3.63) is 59.7 Å². The molecule has 0 spiro atoms. The van der Waals surface area contributed by atoms with Gasteiger partial charge in [-0.2, -0.15) is 11.8 Å². The smallest absolute Gasteiger partial charge is 0.407 e. The van der Waals surface area contributed by atoms with Gasteiger partial charge in [0.05, 0.1) is 12.5 Å². The Balaban J connectivity index is 1.26. The number of thioether (sulfide) groups is 1. The van der Waals surface area contributed by atoms with Gasteiger partial charge in [0.2, 0.25) is 5.91 Å². The van der Waals surface area contributed by atoms with E-state index < -0.39 is 18.1 Å². The van der Waals surface area contributed by atoms with Crippen LogP contribution in [0.3, 0.4) is 0 Å². The van der Waals surface area contributed by atoms with Crippen molar-refractivity contribution >= 4 is 29.7 Å². The summed E-state index contributed by atoms with van der Waals surface area (Å²) in [6.07, 6.45) is 1.97. The maximum Gasteiger partial charge on any atom is 0.407 e. The van der Waals surface area contributed by atoms with Crippen LogP contribution in [0.5, 0.6) is 0 Å². The number of aliphatic carboxylic acids is 1. The maximum absolute atomic E-state index is 13.4. The Kier molecular flexibility index (Phi) is 7.00. The first-order valence-corrected chi connectivity index (χ1v) is 13.4. The van der Waals surface area contributed by atoms with Crippen molar-refractivity contribution in [2.75, 3.05) is 24.7 Å². The van der Waals surface area contributed by atoms with Gasteiger partial charge >= 0.3 is 12.1 Å². The molecule has 1 heterocycles. The summed E-state index contributed by atoms with van der Waals surface area (Å²) in [6.45, 7) is 0.682. The van der Waals surface area contributed by atoms with Crippen LogP contribution in [0.25, 0.3) is 11.1 Å². The van der Waals surface area contributed by atoms with Gasteiger partial charge in [-0.15, -0.1) is 0 Å². The zero-order chi connectivity index (χ0) is 24.4. The molecule has 2 atom stereocenters. The summed E-state index contributed by atoms with van der Waals surface area (Å²) in [7, 11) is 0. The molecule has 0 bridgehead atoms. The summed E-state index contributed by atoms with van der Waals surface area (Å²) in [6, 6.07) is 15.3. The summed E-state index contributed by atoms with van der Waals surface area (Å²) >= 11 is 1.66. The molecule has 2 amide bonds. The number of rotatable bonds is 8. The molecule has 2 fully saturated rings. The number of amides is 2. The van der Waals surface area contributed by atoms with Crippen LogP contribution in [-0.2, 0) is 14.3 Å². The van der Waals surface area contributed by atoms with E-state index in [9.17, 15) is 19.5 Å². The summed E-state index contributed by atoms with van der Waals surface area (Å²) in [5.74, 6) is 0.609. The van der Waals surface area contributed by atoms with Gasteiger partial charge in [0.15, 0.2) is 0 Å². The Bertz CT molecular complexity index is 1070.